The zero-order valence-corrected chi connectivity index (χ0v) is 21.2. The first-order valence-corrected chi connectivity index (χ1v) is 12.8. The number of nitrogens with two attached hydrogens (primary N) is 1. The molecular weight excluding hydrogens is 442 g/mol. The van der Waals surface area contributed by atoms with Crippen LogP contribution in [-0.4, -0.2) is 53.0 Å². The normalized spacial score (nSPS) is 18.2. The minimum absolute atomic E-state index is 0.0689. The van der Waals surface area contributed by atoms with E-state index in [2.05, 4.69) is 13.5 Å². The summed E-state index contributed by atoms with van der Waals surface area (Å²) in [6, 6.07) is -1.10. The van der Waals surface area contributed by atoms with Crippen molar-refractivity contribution in [2.75, 3.05) is 19.8 Å². The molecule has 190 valence electrons. The van der Waals surface area contributed by atoms with Gasteiger partial charge in [0.1, 0.15) is 5.76 Å². The van der Waals surface area contributed by atoms with Crippen LogP contribution in [0.5, 0.6) is 0 Å². The van der Waals surface area contributed by atoms with Gasteiger partial charge in [-0.3, -0.25) is 0 Å². The predicted molar refractivity (Wildman–Crippen MR) is 134 cm³/mol. The van der Waals surface area contributed by atoms with Gasteiger partial charge in [-0.05, 0) is 55.7 Å². The Bertz CT molecular complexity index is 647. The lowest BCUT2D eigenvalue weighted by atomic mass is 9.88. The highest BCUT2D eigenvalue weighted by atomic mass is 35.5. The molecule has 0 aromatic carbocycles. The summed E-state index contributed by atoms with van der Waals surface area (Å²) in [5.41, 5.74) is 4.30. The first kappa shape index (κ1) is 29.7. The molecule has 7 heteroatoms. The smallest absolute Gasteiger partial charge is 0.337 e. The molecule has 0 amide bonds. The Morgan fingerprint density at radius 3 is 2.64 bits per heavy atom. The lowest BCUT2D eigenvalue weighted by molar-refractivity contribution is -0.162. The van der Waals surface area contributed by atoms with Gasteiger partial charge >= 0.3 is 5.97 Å². The van der Waals surface area contributed by atoms with E-state index in [0.717, 1.165) is 50.9 Å². The number of carbonyl (C=O) groups is 1. The van der Waals surface area contributed by atoms with Crippen LogP contribution in [0.2, 0.25) is 0 Å². The van der Waals surface area contributed by atoms with Gasteiger partial charge in [0.05, 0.1) is 19.3 Å². The molecule has 0 radical (unpaired) electrons. The molecule has 4 N–H and O–H groups in total. The Labute approximate surface area is 204 Å². The Kier molecular flexibility index (Phi) is 14.7. The summed E-state index contributed by atoms with van der Waals surface area (Å²) in [6.45, 7) is 9.07. The molecule has 0 saturated heterocycles. The van der Waals surface area contributed by atoms with Crippen molar-refractivity contribution in [3.63, 3.8) is 0 Å². The van der Waals surface area contributed by atoms with E-state index in [1.54, 1.807) is 6.08 Å². The average molecular weight is 486 g/mol. The lowest BCUT2D eigenvalue weighted by Crippen LogP contribution is -2.56. The van der Waals surface area contributed by atoms with E-state index in [1.165, 1.54) is 12.8 Å². The number of hydrogen-bond donors (Lipinski definition) is 3. The van der Waals surface area contributed by atoms with E-state index >= 15 is 0 Å². The maximum atomic E-state index is 11.9. The quantitative estimate of drug-likeness (QED) is 0.0931. The minimum atomic E-state index is -2.18. The molecule has 0 aromatic rings. The number of halogens is 1. The van der Waals surface area contributed by atoms with E-state index in [4.69, 9.17) is 26.8 Å². The standard InChI is InChI=1S/C26H44ClNO5/c1-4-6-7-8-11-23(33-16-14-21-12-13-21)17-20(3)18-26(31,25(29)30)24(28)19-32-15-9-10-22(27)5-2/h8,11,17,21-22,24,31H,3-7,9-10,12-16,18-19,28H2,1-2H3,(H,29,30)/b11-8-,23-17+. The Morgan fingerprint density at radius 1 is 1.30 bits per heavy atom. The second kappa shape index (κ2) is 16.3. The van der Waals surface area contributed by atoms with Crippen LogP contribution in [0, 0.1) is 5.92 Å². The maximum Gasteiger partial charge on any atom is 0.337 e. The molecule has 0 spiro atoms. The summed E-state index contributed by atoms with van der Waals surface area (Å²) in [4.78, 5) is 11.9. The van der Waals surface area contributed by atoms with Crippen LogP contribution in [0.25, 0.3) is 0 Å². The molecule has 0 bridgehead atoms. The SMILES string of the molecule is C=C(/C=C(\C=C/CCCC)OCCC1CC1)CC(O)(C(=O)O)C(N)COCCCC(Cl)CC. The van der Waals surface area contributed by atoms with Crippen molar-refractivity contribution in [1.82, 2.24) is 0 Å². The predicted octanol–water partition coefficient (Wildman–Crippen LogP) is 5.34. The molecule has 1 aliphatic carbocycles. The fourth-order valence-electron chi connectivity index (χ4n) is 3.33. The van der Waals surface area contributed by atoms with E-state index in [0.29, 0.717) is 24.5 Å². The van der Waals surface area contributed by atoms with Gasteiger partial charge in [0.2, 0.25) is 0 Å². The molecule has 6 nitrogen and oxygen atoms in total. The second-order valence-electron chi connectivity index (χ2n) is 9.07. The van der Waals surface area contributed by atoms with Gasteiger partial charge in [0.15, 0.2) is 5.60 Å². The van der Waals surface area contributed by atoms with Crippen LogP contribution in [-0.2, 0) is 14.3 Å². The molecule has 1 saturated carbocycles. The number of alkyl halides is 1. The largest absolute Gasteiger partial charge is 0.494 e. The number of unbranched alkanes of at least 4 members (excludes halogenated alkanes) is 2. The second-order valence-corrected chi connectivity index (χ2v) is 9.68. The molecular formula is C26H44ClNO5. The Morgan fingerprint density at radius 2 is 2.03 bits per heavy atom. The van der Waals surface area contributed by atoms with Crippen molar-refractivity contribution in [1.29, 1.82) is 0 Å². The van der Waals surface area contributed by atoms with Gasteiger partial charge in [-0.25, -0.2) is 4.79 Å². The van der Waals surface area contributed by atoms with Crippen LogP contribution in [0.3, 0.4) is 0 Å². The third-order valence-corrected chi connectivity index (χ3v) is 6.40. The summed E-state index contributed by atoms with van der Waals surface area (Å²) in [6.07, 6.45) is 14.5. The number of aliphatic hydroxyl groups is 1. The van der Waals surface area contributed by atoms with Crippen LogP contribution < -0.4 is 5.73 Å². The highest BCUT2D eigenvalue weighted by Gasteiger charge is 2.42. The Balaban J connectivity index is 2.68. The molecule has 33 heavy (non-hydrogen) atoms. The lowest BCUT2D eigenvalue weighted by Gasteiger charge is -2.30. The fourth-order valence-corrected chi connectivity index (χ4v) is 3.49. The molecule has 3 atom stereocenters. The number of carboxylic acids is 1. The van der Waals surface area contributed by atoms with Crippen molar-refractivity contribution in [2.24, 2.45) is 11.7 Å². The van der Waals surface area contributed by atoms with Crippen molar-refractivity contribution in [2.45, 2.75) is 95.1 Å². The molecule has 0 aromatic heterocycles. The van der Waals surface area contributed by atoms with Crippen LogP contribution in [0.15, 0.2) is 36.1 Å². The highest BCUT2D eigenvalue weighted by Crippen LogP contribution is 2.32. The third-order valence-electron chi connectivity index (χ3n) is 5.87. The molecule has 1 fully saturated rings. The van der Waals surface area contributed by atoms with Gasteiger partial charge in [-0.1, -0.05) is 52.2 Å². The number of rotatable bonds is 20. The van der Waals surface area contributed by atoms with Crippen molar-refractivity contribution >= 4 is 17.6 Å². The van der Waals surface area contributed by atoms with Gasteiger partial charge in [-0.15, -0.1) is 11.6 Å². The van der Waals surface area contributed by atoms with Gasteiger partial charge in [0, 0.05) is 18.4 Å². The number of allylic oxidation sites excluding steroid dienone is 3. The van der Waals surface area contributed by atoms with Crippen molar-refractivity contribution < 1.29 is 24.5 Å². The van der Waals surface area contributed by atoms with Crippen LogP contribution in [0.1, 0.15) is 78.1 Å². The first-order chi connectivity index (χ1) is 15.7. The summed E-state index contributed by atoms with van der Waals surface area (Å²) < 4.78 is 11.4. The summed E-state index contributed by atoms with van der Waals surface area (Å²) in [7, 11) is 0. The van der Waals surface area contributed by atoms with Gasteiger partial charge in [0.25, 0.3) is 0 Å². The number of aliphatic carboxylic acids is 1. The third kappa shape index (κ3) is 12.6. The number of carboxylic acid groups (broad SMARTS) is 1. The Hall–Kier alpha value is -1.34. The fraction of sp³-hybridized carbons (Fsp3) is 0.731. The highest BCUT2D eigenvalue weighted by molar-refractivity contribution is 6.20. The molecule has 0 heterocycles. The van der Waals surface area contributed by atoms with Crippen molar-refractivity contribution in [3.8, 4) is 0 Å². The monoisotopic (exact) mass is 485 g/mol. The summed E-state index contributed by atoms with van der Waals surface area (Å²) in [5, 5.41) is 20.6. The van der Waals surface area contributed by atoms with Crippen LogP contribution in [0.4, 0.5) is 0 Å². The summed E-state index contributed by atoms with van der Waals surface area (Å²) in [5.74, 6) is -0.0126. The van der Waals surface area contributed by atoms with E-state index in [1.807, 2.05) is 19.1 Å². The van der Waals surface area contributed by atoms with E-state index in [-0.39, 0.29) is 18.4 Å². The zero-order chi connectivity index (χ0) is 24.7. The molecule has 1 rings (SSSR count). The molecule has 1 aliphatic rings. The summed E-state index contributed by atoms with van der Waals surface area (Å²) >= 11 is 6.09. The zero-order valence-electron chi connectivity index (χ0n) is 20.4. The minimum Gasteiger partial charge on any atom is -0.494 e. The van der Waals surface area contributed by atoms with Crippen LogP contribution >= 0.6 is 11.6 Å². The topological polar surface area (TPSA) is 102 Å². The van der Waals surface area contributed by atoms with Crippen molar-refractivity contribution in [3.05, 3.63) is 36.1 Å². The molecule has 0 aliphatic heterocycles. The first-order valence-electron chi connectivity index (χ1n) is 12.3. The van der Waals surface area contributed by atoms with Gasteiger partial charge < -0.3 is 25.4 Å². The van der Waals surface area contributed by atoms with Gasteiger partial charge in [-0.2, -0.15) is 0 Å². The maximum absolute atomic E-state index is 11.9. The number of hydrogen-bond acceptors (Lipinski definition) is 5. The number of ether oxygens (including phenoxy) is 2. The molecule has 3 unspecified atom stereocenters. The van der Waals surface area contributed by atoms with E-state index in [9.17, 15) is 15.0 Å². The van der Waals surface area contributed by atoms with E-state index < -0.39 is 17.6 Å². The average Bonchev–Trinajstić information content (AvgIpc) is 3.59.